The molecule has 1 N–H and O–H groups in total. The number of H-pyrrole nitrogens is 1. The first-order chi connectivity index (χ1) is 13.3. The summed E-state index contributed by atoms with van der Waals surface area (Å²) in [6, 6.07) is 22.1. The van der Waals surface area contributed by atoms with Crippen molar-refractivity contribution in [3.8, 4) is 0 Å². The molecule has 1 amide bonds. The summed E-state index contributed by atoms with van der Waals surface area (Å²) in [4.78, 5) is 23.0. The topological polar surface area (TPSA) is 49.0 Å². The van der Waals surface area contributed by atoms with E-state index in [9.17, 15) is 4.79 Å². The number of hydrogen-bond donors (Lipinski definition) is 1. The second kappa shape index (κ2) is 6.40. The van der Waals surface area contributed by atoms with Crippen molar-refractivity contribution in [3.05, 3.63) is 102 Å². The minimum atomic E-state index is -0.130. The smallest absolute Gasteiger partial charge is 0.256 e. The maximum absolute atomic E-state index is 13.3. The fraction of sp³-hybridized carbons (Fsp3) is 0.130. The zero-order valence-corrected chi connectivity index (χ0v) is 14.8. The van der Waals surface area contributed by atoms with Crippen LogP contribution in [0.25, 0.3) is 10.9 Å². The van der Waals surface area contributed by atoms with E-state index in [0.717, 1.165) is 23.2 Å². The lowest BCUT2D eigenvalue weighted by Crippen LogP contribution is -2.40. The van der Waals surface area contributed by atoms with Gasteiger partial charge < -0.3 is 9.88 Å². The zero-order valence-electron chi connectivity index (χ0n) is 14.8. The van der Waals surface area contributed by atoms with Crippen LogP contribution in [0, 0.1) is 0 Å². The molecule has 4 heteroatoms. The van der Waals surface area contributed by atoms with E-state index in [1.807, 2.05) is 41.3 Å². The molecule has 2 aromatic carbocycles. The van der Waals surface area contributed by atoms with E-state index in [4.69, 9.17) is 0 Å². The van der Waals surface area contributed by atoms with E-state index in [1.54, 1.807) is 12.4 Å². The molecule has 0 spiro atoms. The number of hydrogen-bond acceptors (Lipinski definition) is 2. The average Bonchev–Trinajstić information content (AvgIpc) is 3.12. The van der Waals surface area contributed by atoms with Crippen LogP contribution in [0.1, 0.15) is 33.2 Å². The summed E-state index contributed by atoms with van der Waals surface area (Å²) in [5.74, 6) is 0.0151. The van der Waals surface area contributed by atoms with Crippen molar-refractivity contribution in [2.24, 2.45) is 0 Å². The molecule has 1 atom stereocenters. The van der Waals surface area contributed by atoms with E-state index in [1.165, 1.54) is 10.9 Å². The molecule has 0 aliphatic carbocycles. The van der Waals surface area contributed by atoms with E-state index in [2.05, 4.69) is 40.3 Å². The van der Waals surface area contributed by atoms with Crippen LogP contribution in [0.5, 0.6) is 0 Å². The minimum absolute atomic E-state index is 0.0151. The van der Waals surface area contributed by atoms with Crippen molar-refractivity contribution < 1.29 is 4.79 Å². The fourth-order valence-corrected chi connectivity index (χ4v) is 4.10. The van der Waals surface area contributed by atoms with Crippen LogP contribution in [-0.2, 0) is 6.42 Å². The van der Waals surface area contributed by atoms with Gasteiger partial charge in [-0.05, 0) is 35.7 Å². The second-order valence-electron chi connectivity index (χ2n) is 6.87. The van der Waals surface area contributed by atoms with Gasteiger partial charge in [-0.1, -0.05) is 48.5 Å². The number of carbonyl (C=O) groups excluding carboxylic acids is 1. The third kappa shape index (κ3) is 2.61. The molecule has 27 heavy (non-hydrogen) atoms. The summed E-state index contributed by atoms with van der Waals surface area (Å²) >= 11 is 0. The van der Waals surface area contributed by atoms with Gasteiger partial charge in [-0.15, -0.1) is 0 Å². The number of amides is 1. The van der Waals surface area contributed by atoms with Crippen molar-refractivity contribution in [1.82, 2.24) is 14.9 Å². The first kappa shape index (κ1) is 15.8. The summed E-state index contributed by atoms with van der Waals surface area (Å²) in [6.07, 6.45) is 4.18. The largest absolute Gasteiger partial charge is 0.356 e. The SMILES string of the molecule is O=C(c1cccnc1)N1CCc2c([nH]c3ccccc23)C1c1ccccc1. The highest BCUT2D eigenvalue weighted by Gasteiger charge is 2.34. The zero-order chi connectivity index (χ0) is 18.2. The summed E-state index contributed by atoms with van der Waals surface area (Å²) < 4.78 is 0. The molecule has 4 nitrogen and oxygen atoms in total. The Kier molecular flexibility index (Phi) is 3.75. The lowest BCUT2D eigenvalue weighted by atomic mass is 9.92. The second-order valence-corrected chi connectivity index (χ2v) is 6.87. The summed E-state index contributed by atoms with van der Waals surface area (Å²) in [5, 5.41) is 1.25. The van der Waals surface area contributed by atoms with Gasteiger partial charge in [0.25, 0.3) is 5.91 Å². The van der Waals surface area contributed by atoms with E-state index < -0.39 is 0 Å². The molecular formula is C23H19N3O. The Bertz CT molecular complexity index is 1100. The molecule has 2 aromatic heterocycles. The summed E-state index contributed by atoms with van der Waals surface area (Å²) in [6.45, 7) is 0.683. The van der Waals surface area contributed by atoms with Gasteiger partial charge >= 0.3 is 0 Å². The van der Waals surface area contributed by atoms with Crippen molar-refractivity contribution in [2.75, 3.05) is 6.54 Å². The van der Waals surface area contributed by atoms with Crippen molar-refractivity contribution in [3.63, 3.8) is 0 Å². The molecule has 0 bridgehead atoms. The molecule has 0 radical (unpaired) electrons. The number of nitrogens with one attached hydrogen (secondary N) is 1. The Morgan fingerprint density at radius 1 is 1.00 bits per heavy atom. The third-order valence-corrected chi connectivity index (χ3v) is 5.32. The molecule has 0 saturated heterocycles. The Hall–Kier alpha value is -3.40. The number of pyridine rings is 1. The number of rotatable bonds is 2. The molecule has 1 unspecified atom stereocenters. The number of carbonyl (C=O) groups is 1. The van der Waals surface area contributed by atoms with Crippen molar-refractivity contribution >= 4 is 16.8 Å². The highest BCUT2D eigenvalue weighted by molar-refractivity contribution is 5.95. The third-order valence-electron chi connectivity index (χ3n) is 5.32. The maximum Gasteiger partial charge on any atom is 0.256 e. The monoisotopic (exact) mass is 353 g/mol. The van der Waals surface area contributed by atoms with E-state index >= 15 is 0 Å². The highest BCUT2D eigenvalue weighted by atomic mass is 16.2. The van der Waals surface area contributed by atoms with Gasteiger partial charge in [-0.25, -0.2) is 0 Å². The molecule has 132 valence electrons. The van der Waals surface area contributed by atoms with Gasteiger partial charge in [0.05, 0.1) is 11.6 Å². The summed E-state index contributed by atoms with van der Waals surface area (Å²) in [7, 11) is 0. The molecule has 4 aromatic rings. The number of nitrogens with zero attached hydrogens (tertiary/aromatic N) is 2. The van der Waals surface area contributed by atoms with Gasteiger partial charge in [-0.3, -0.25) is 9.78 Å². The van der Waals surface area contributed by atoms with Crippen LogP contribution in [0.2, 0.25) is 0 Å². The van der Waals surface area contributed by atoms with Crippen LogP contribution in [-0.4, -0.2) is 27.3 Å². The normalized spacial score (nSPS) is 16.3. The Labute approximate surface area is 157 Å². The van der Waals surface area contributed by atoms with Crippen LogP contribution in [0.3, 0.4) is 0 Å². The lowest BCUT2D eigenvalue weighted by molar-refractivity contribution is 0.0691. The molecule has 0 fully saturated rings. The first-order valence-electron chi connectivity index (χ1n) is 9.18. The molecule has 0 saturated carbocycles. The number of aromatic nitrogens is 2. The number of fused-ring (bicyclic) bond motifs is 3. The van der Waals surface area contributed by atoms with Gasteiger partial charge in [-0.2, -0.15) is 0 Å². The quantitative estimate of drug-likeness (QED) is 0.582. The highest BCUT2D eigenvalue weighted by Crippen LogP contribution is 2.38. The summed E-state index contributed by atoms with van der Waals surface area (Å²) in [5.41, 5.74) is 5.29. The Morgan fingerprint density at radius 3 is 2.63 bits per heavy atom. The van der Waals surface area contributed by atoms with Crippen LogP contribution in [0.15, 0.2) is 79.1 Å². The first-order valence-corrected chi connectivity index (χ1v) is 9.18. The Balaban J connectivity index is 1.67. The molecule has 1 aliphatic heterocycles. The van der Waals surface area contributed by atoms with Crippen LogP contribution in [0.4, 0.5) is 0 Å². The molecule has 3 heterocycles. The van der Waals surface area contributed by atoms with Crippen LogP contribution >= 0.6 is 0 Å². The predicted octanol–water partition coefficient (Wildman–Crippen LogP) is 4.35. The number of aromatic amines is 1. The number of benzene rings is 2. The van der Waals surface area contributed by atoms with Gasteiger partial charge in [0.15, 0.2) is 0 Å². The maximum atomic E-state index is 13.3. The van der Waals surface area contributed by atoms with Crippen LogP contribution < -0.4 is 0 Å². The Morgan fingerprint density at radius 2 is 1.81 bits per heavy atom. The molecule has 1 aliphatic rings. The van der Waals surface area contributed by atoms with Crippen molar-refractivity contribution in [1.29, 1.82) is 0 Å². The fourth-order valence-electron chi connectivity index (χ4n) is 4.10. The molecular weight excluding hydrogens is 334 g/mol. The average molecular weight is 353 g/mol. The molecule has 5 rings (SSSR count). The lowest BCUT2D eigenvalue weighted by Gasteiger charge is -2.36. The van der Waals surface area contributed by atoms with Gasteiger partial charge in [0.2, 0.25) is 0 Å². The minimum Gasteiger partial charge on any atom is -0.356 e. The van der Waals surface area contributed by atoms with Gasteiger partial charge in [0, 0.05) is 35.5 Å². The predicted molar refractivity (Wildman–Crippen MR) is 106 cm³/mol. The van der Waals surface area contributed by atoms with E-state index in [-0.39, 0.29) is 11.9 Å². The standard InChI is InChI=1S/C23H19N3O/c27-23(17-9-6-13-24-15-17)26-14-12-19-18-10-4-5-11-20(18)25-21(19)22(26)16-7-2-1-3-8-16/h1-11,13,15,22,25H,12,14H2. The number of para-hydroxylation sites is 1. The van der Waals surface area contributed by atoms with Crippen molar-refractivity contribution in [2.45, 2.75) is 12.5 Å². The van der Waals surface area contributed by atoms with E-state index in [0.29, 0.717) is 12.1 Å². The van der Waals surface area contributed by atoms with Gasteiger partial charge in [0.1, 0.15) is 0 Å².